The quantitative estimate of drug-likeness (QED) is 0.618. The molecule has 0 radical (unpaired) electrons. The SMILES string of the molecule is C=C(C)COc1ccc(C2(C)NC(=O)N(C(C)c3ccccc3)C2=O)cc1. The molecule has 1 N–H and O–H groups in total. The molecule has 5 nitrogen and oxygen atoms in total. The number of benzene rings is 2. The van der Waals surface area contributed by atoms with Crippen molar-refractivity contribution >= 4 is 11.9 Å². The largest absolute Gasteiger partial charge is 0.489 e. The van der Waals surface area contributed by atoms with Gasteiger partial charge in [0.05, 0.1) is 6.04 Å². The Morgan fingerprint density at radius 1 is 1.15 bits per heavy atom. The van der Waals surface area contributed by atoms with E-state index in [1.165, 1.54) is 4.90 Å². The first-order valence-electron chi connectivity index (χ1n) is 8.91. The molecule has 0 saturated carbocycles. The second kappa shape index (κ2) is 7.27. The van der Waals surface area contributed by atoms with Gasteiger partial charge in [0.1, 0.15) is 17.9 Å². The van der Waals surface area contributed by atoms with Crippen LogP contribution in [0.4, 0.5) is 4.79 Å². The molecule has 0 spiro atoms. The topological polar surface area (TPSA) is 58.6 Å². The highest BCUT2D eigenvalue weighted by Crippen LogP contribution is 2.34. The molecule has 0 aromatic heterocycles. The Labute approximate surface area is 159 Å². The van der Waals surface area contributed by atoms with Gasteiger partial charge in [-0.2, -0.15) is 0 Å². The summed E-state index contributed by atoms with van der Waals surface area (Å²) in [5.74, 6) is 0.427. The minimum atomic E-state index is -1.10. The molecule has 2 aromatic carbocycles. The van der Waals surface area contributed by atoms with Gasteiger partial charge in [-0.1, -0.05) is 49.0 Å². The van der Waals surface area contributed by atoms with Gasteiger partial charge in [-0.15, -0.1) is 0 Å². The molecular formula is C22H24N2O3. The van der Waals surface area contributed by atoms with E-state index in [4.69, 9.17) is 4.74 Å². The molecule has 1 saturated heterocycles. The summed E-state index contributed by atoms with van der Waals surface area (Å²) < 4.78 is 5.60. The molecule has 1 heterocycles. The van der Waals surface area contributed by atoms with Crippen molar-refractivity contribution in [2.45, 2.75) is 32.4 Å². The van der Waals surface area contributed by atoms with Crippen LogP contribution in [0.5, 0.6) is 5.75 Å². The summed E-state index contributed by atoms with van der Waals surface area (Å²) in [5.41, 5.74) is 1.45. The number of hydrogen-bond acceptors (Lipinski definition) is 3. The zero-order valence-corrected chi connectivity index (χ0v) is 15.9. The van der Waals surface area contributed by atoms with Gasteiger partial charge in [-0.05, 0) is 49.6 Å². The summed E-state index contributed by atoms with van der Waals surface area (Å²) in [6, 6.07) is 16.0. The first-order valence-corrected chi connectivity index (χ1v) is 8.91. The Bertz CT molecular complexity index is 861. The molecule has 1 aliphatic heterocycles. The van der Waals surface area contributed by atoms with E-state index in [0.29, 0.717) is 17.9 Å². The van der Waals surface area contributed by atoms with Crippen LogP contribution < -0.4 is 10.1 Å². The average molecular weight is 364 g/mol. The van der Waals surface area contributed by atoms with Crippen molar-refractivity contribution in [3.05, 3.63) is 77.9 Å². The number of nitrogens with one attached hydrogen (secondary N) is 1. The van der Waals surface area contributed by atoms with Gasteiger partial charge in [0.2, 0.25) is 0 Å². The van der Waals surface area contributed by atoms with Gasteiger partial charge < -0.3 is 10.1 Å². The number of hydrogen-bond donors (Lipinski definition) is 1. The lowest BCUT2D eigenvalue weighted by atomic mass is 9.91. The highest BCUT2D eigenvalue weighted by molar-refractivity contribution is 6.07. The normalized spacial score (nSPS) is 20.3. The molecule has 1 aliphatic rings. The predicted octanol–water partition coefficient (Wildman–Crippen LogP) is 4.17. The van der Waals surface area contributed by atoms with Crippen molar-refractivity contribution < 1.29 is 14.3 Å². The van der Waals surface area contributed by atoms with Crippen molar-refractivity contribution in [2.75, 3.05) is 6.61 Å². The third kappa shape index (κ3) is 3.58. The van der Waals surface area contributed by atoms with Crippen molar-refractivity contribution in [3.63, 3.8) is 0 Å². The van der Waals surface area contributed by atoms with Crippen LogP contribution >= 0.6 is 0 Å². The second-order valence-corrected chi connectivity index (χ2v) is 7.09. The Morgan fingerprint density at radius 3 is 2.37 bits per heavy atom. The summed E-state index contributed by atoms with van der Waals surface area (Å²) in [5, 5.41) is 2.85. The summed E-state index contributed by atoms with van der Waals surface area (Å²) in [6.07, 6.45) is 0. The standard InChI is InChI=1S/C22H24N2O3/c1-15(2)14-27-19-12-10-18(11-13-19)22(4)20(25)24(21(26)23-22)16(3)17-8-6-5-7-9-17/h5-13,16H,1,14H2,2-4H3,(H,23,26). The van der Waals surface area contributed by atoms with Gasteiger partial charge in [-0.3, -0.25) is 9.69 Å². The molecular weight excluding hydrogens is 340 g/mol. The zero-order chi connectivity index (χ0) is 19.6. The van der Waals surface area contributed by atoms with E-state index in [2.05, 4.69) is 11.9 Å². The number of ether oxygens (including phenoxy) is 1. The maximum Gasteiger partial charge on any atom is 0.325 e. The number of urea groups is 1. The zero-order valence-electron chi connectivity index (χ0n) is 15.9. The van der Waals surface area contributed by atoms with Gasteiger partial charge in [-0.25, -0.2) is 4.79 Å². The highest BCUT2D eigenvalue weighted by Gasteiger charge is 2.50. The molecule has 2 unspecified atom stereocenters. The molecule has 27 heavy (non-hydrogen) atoms. The molecule has 3 rings (SSSR count). The van der Waals surface area contributed by atoms with E-state index in [-0.39, 0.29) is 18.0 Å². The molecule has 0 bridgehead atoms. The Kier molecular flexibility index (Phi) is 5.04. The van der Waals surface area contributed by atoms with Crippen LogP contribution in [-0.2, 0) is 10.3 Å². The van der Waals surface area contributed by atoms with E-state index in [1.54, 1.807) is 19.1 Å². The fourth-order valence-corrected chi connectivity index (χ4v) is 3.18. The first kappa shape index (κ1) is 18.7. The average Bonchev–Trinajstić information content (AvgIpc) is 2.90. The maximum absolute atomic E-state index is 13.2. The minimum Gasteiger partial charge on any atom is -0.489 e. The van der Waals surface area contributed by atoms with Crippen LogP contribution in [0.1, 0.15) is 37.9 Å². The third-order valence-corrected chi connectivity index (χ3v) is 4.81. The van der Waals surface area contributed by atoms with E-state index < -0.39 is 5.54 Å². The highest BCUT2D eigenvalue weighted by atomic mass is 16.5. The van der Waals surface area contributed by atoms with Crippen molar-refractivity contribution in [1.29, 1.82) is 0 Å². The van der Waals surface area contributed by atoms with Crippen LogP contribution in [0.15, 0.2) is 66.7 Å². The third-order valence-electron chi connectivity index (χ3n) is 4.81. The number of carbonyl (C=O) groups excluding carboxylic acids is 2. The number of carbonyl (C=O) groups is 2. The maximum atomic E-state index is 13.2. The van der Waals surface area contributed by atoms with Crippen LogP contribution in [0.25, 0.3) is 0 Å². The van der Waals surface area contributed by atoms with E-state index in [0.717, 1.165) is 11.1 Å². The smallest absolute Gasteiger partial charge is 0.325 e. The second-order valence-electron chi connectivity index (χ2n) is 7.09. The Hall–Kier alpha value is -3.08. The van der Waals surface area contributed by atoms with E-state index >= 15 is 0 Å². The predicted molar refractivity (Wildman–Crippen MR) is 104 cm³/mol. The fourth-order valence-electron chi connectivity index (χ4n) is 3.18. The molecule has 2 atom stereocenters. The van der Waals surface area contributed by atoms with Crippen molar-refractivity contribution in [2.24, 2.45) is 0 Å². The van der Waals surface area contributed by atoms with Gasteiger partial charge >= 0.3 is 6.03 Å². The summed E-state index contributed by atoms with van der Waals surface area (Å²) in [4.78, 5) is 27.0. The van der Waals surface area contributed by atoms with Crippen LogP contribution in [0.2, 0.25) is 0 Å². The lowest BCUT2D eigenvalue weighted by Gasteiger charge is -2.25. The number of amides is 3. The molecule has 1 fully saturated rings. The van der Waals surface area contributed by atoms with Gasteiger partial charge in [0, 0.05) is 0 Å². The molecule has 3 amide bonds. The number of nitrogens with zero attached hydrogens (tertiary/aromatic N) is 1. The molecule has 2 aromatic rings. The number of rotatable bonds is 6. The molecule has 5 heteroatoms. The Balaban J connectivity index is 1.83. The minimum absolute atomic E-state index is 0.264. The van der Waals surface area contributed by atoms with Gasteiger partial charge in [0.25, 0.3) is 5.91 Å². The lowest BCUT2D eigenvalue weighted by molar-refractivity contribution is -0.132. The number of imide groups is 1. The van der Waals surface area contributed by atoms with Gasteiger partial charge in [0.15, 0.2) is 0 Å². The Morgan fingerprint density at radius 2 is 1.78 bits per heavy atom. The summed E-state index contributed by atoms with van der Waals surface area (Å²) in [7, 11) is 0. The van der Waals surface area contributed by atoms with Crippen LogP contribution in [0, 0.1) is 0 Å². The monoisotopic (exact) mass is 364 g/mol. The van der Waals surface area contributed by atoms with E-state index in [1.807, 2.05) is 56.3 Å². The molecule has 0 aliphatic carbocycles. The van der Waals surface area contributed by atoms with Crippen molar-refractivity contribution in [3.8, 4) is 5.75 Å². The summed E-state index contributed by atoms with van der Waals surface area (Å²) >= 11 is 0. The lowest BCUT2D eigenvalue weighted by Crippen LogP contribution is -2.41. The first-order chi connectivity index (χ1) is 12.8. The van der Waals surface area contributed by atoms with Crippen molar-refractivity contribution in [1.82, 2.24) is 10.2 Å². The van der Waals surface area contributed by atoms with Crippen LogP contribution in [0.3, 0.4) is 0 Å². The fraction of sp³-hybridized carbons (Fsp3) is 0.273. The van der Waals surface area contributed by atoms with Crippen LogP contribution in [-0.4, -0.2) is 23.4 Å². The molecule has 140 valence electrons. The van der Waals surface area contributed by atoms with E-state index in [9.17, 15) is 9.59 Å². The summed E-state index contributed by atoms with van der Waals surface area (Å²) in [6.45, 7) is 9.72.